The van der Waals surface area contributed by atoms with Crippen molar-refractivity contribution in [1.29, 1.82) is 0 Å². The van der Waals surface area contributed by atoms with Gasteiger partial charge in [-0.3, -0.25) is 9.59 Å². The average molecular weight is 297 g/mol. The molecule has 2 rings (SSSR count). The van der Waals surface area contributed by atoms with Gasteiger partial charge in [-0.1, -0.05) is 0 Å². The minimum absolute atomic E-state index is 0.0235. The van der Waals surface area contributed by atoms with Crippen LogP contribution in [0.5, 0.6) is 5.75 Å². The molecule has 0 bridgehead atoms. The number of anilines is 1. The molecule has 0 aliphatic carbocycles. The Morgan fingerprint density at radius 1 is 1.25 bits per heavy atom. The molecule has 1 aromatic carbocycles. The summed E-state index contributed by atoms with van der Waals surface area (Å²) in [6.07, 6.45) is 1.43. The Labute approximate surface area is 117 Å². The van der Waals surface area contributed by atoms with E-state index in [0.29, 0.717) is 17.0 Å². The molecule has 0 radical (unpaired) electrons. The molecule has 1 aromatic rings. The number of hydrogen-bond donors (Lipinski definition) is 0. The monoisotopic (exact) mass is 297 g/mol. The molecule has 1 heterocycles. The Kier molecular flexibility index (Phi) is 3.80. The fraction of sp³-hybridized carbons (Fsp3) is 0.385. The first-order valence-corrected chi connectivity index (χ1v) is 8.11. The van der Waals surface area contributed by atoms with Gasteiger partial charge in [-0.25, -0.2) is 8.42 Å². The first-order chi connectivity index (χ1) is 9.33. The third-order valence-electron chi connectivity index (χ3n) is 3.08. The number of amides is 1. The number of carbonyl (C=O) groups excluding carboxylic acids is 2. The van der Waals surface area contributed by atoms with Crippen LogP contribution in [-0.4, -0.2) is 45.8 Å². The lowest BCUT2D eigenvalue weighted by Crippen LogP contribution is -2.31. The fourth-order valence-corrected chi connectivity index (χ4v) is 2.76. The Morgan fingerprint density at radius 3 is 2.55 bits per heavy atom. The van der Waals surface area contributed by atoms with Crippen LogP contribution in [0.4, 0.5) is 5.69 Å². The molecule has 7 heteroatoms. The number of methoxy groups -OCH3 is 1. The first-order valence-electron chi connectivity index (χ1n) is 6.05. The molecular weight excluding hydrogens is 282 g/mol. The lowest BCUT2D eigenvalue weighted by atomic mass is 10.1. The van der Waals surface area contributed by atoms with E-state index in [9.17, 15) is 18.0 Å². The highest BCUT2D eigenvalue weighted by Gasteiger charge is 2.35. The van der Waals surface area contributed by atoms with Gasteiger partial charge in [0.1, 0.15) is 15.6 Å². The zero-order valence-electron chi connectivity index (χ0n) is 11.3. The third-order valence-corrected chi connectivity index (χ3v) is 4.11. The molecule has 0 saturated carbocycles. The van der Waals surface area contributed by atoms with Crippen LogP contribution in [-0.2, 0) is 14.6 Å². The lowest BCUT2D eigenvalue weighted by molar-refractivity contribution is -0.114. The maximum Gasteiger partial charge on any atom is 0.299 e. The van der Waals surface area contributed by atoms with E-state index in [1.165, 1.54) is 12.0 Å². The van der Waals surface area contributed by atoms with E-state index in [1.54, 1.807) is 18.2 Å². The number of carbonyl (C=O) groups is 2. The Hall–Kier alpha value is -1.89. The van der Waals surface area contributed by atoms with Crippen molar-refractivity contribution < 1.29 is 22.7 Å². The highest BCUT2D eigenvalue weighted by Crippen LogP contribution is 2.32. The van der Waals surface area contributed by atoms with Gasteiger partial charge in [0.05, 0.1) is 24.1 Å². The van der Waals surface area contributed by atoms with Gasteiger partial charge in [0.15, 0.2) is 0 Å². The lowest BCUT2D eigenvalue weighted by Gasteiger charge is -2.16. The highest BCUT2D eigenvalue weighted by atomic mass is 32.2. The first kappa shape index (κ1) is 14.5. The number of benzene rings is 1. The maximum atomic E-state index is 11.9. The van der Waals surface area contributed by atoms with Crippen molar-refractivity contribution in [2.45, 2.75) is 6.42 Å². The van der Waals surface area contributed by atoms with E-state index in [4.69, 9.17) is 4.74 Å². The van der Waals surface area contributed by atoms with Crippen LogP contribution < -0.4 is 9.64 Å². The molecule has 1 aliphatic heterocycles. The molecule has 0 unspecified atom stereocenters. The van der Waals surface area contributed by atoms with Crippen molar-refractivity contribution in [2.24, 2.45) is 0 Å². The van der Waals surface area contributed by atoms with Crippen molar-refractivity contribution in [2.75, 3.05) is 30.6 Å². The van der Waals surface area contributed by atoms with Crippen LogP contribution in [0, 0.1) is 0 Å². The summed E-state index contributed by atoms with van der Waals surface area (Å²) < 4.78 is 27.3. The summed E-state index contributed by atoms with van der Waals surface area (Å²) in [5.41, 5.74) is 0.808. The summed E-state index contributed by atoms with van der Waals surface area (Å²) in [5, 5.41) is 0. The van der Waals surface area contributed by atoms with Crippen LogP contribution in [0.2, 0.25) is 0 Å². The second-order valence-corrected chi connectivity index (χ2v) is 6.91. The standard InChI is InChI=1S/C13H15NO5S/c1-19-9-4-5-10-11(8-9)14(13(16)12(10)15)6-3-7-20(2,17)18/h4-5,8H,3,6-7H2,1-2H3. The molecule has 0 aromatic heterocycles. The van der Waals surface area contributed by atoms with Crippen molar-refractivity contribution in [3.05, 3.63) is 23.8 Å². The van der Waals surface area contributed by atoms with Crippen molar-refractivity contribution in [3.8, 4) is 5.75 Å². The van der Waals surface area contributed by atoms with Gasteiger partial charge >= 0.3 is 0 Å². The van der Waals surface area contributed by atoms with E-state index in [0.717, 1.165) is 6.26 Å². The molecule has 108 valence electrons. The van der Waals surface area contributed by atoms with Crippen molar-refractivity contribution in [1.82, 2.24) is 0 Å². The number of fused-ring (bicyclic) bond motifs is 1. The highest BCUT2D eigenvalue weighted by molar-refractivity contribution is 7.90. The Bertz CT molecular complexity index is 665. The molecule has 1 amide bonds. The van der Waals surface area contributed by atoms with E-state index >= 15 is 0 Å². The summed E-state index contributed by atoms with van der Waals surface area (Å²) >= 11 is 0. The van der Waals surface area contributed by atoms with Gasteiger partial charge in [-0.15, -0.1) is 0 Å². The number of sulfone groups is 1. The molecule has 0 saturated heterocycles. The molecule has 0 N–H and O–H groups in total. The number of Topliss-reactive ketones (excluding diaryl/α,β-unsaturated/α-hetero) is 1. The van der Waals surface area contributed by atoms with Gasteiger partial charge < -0.3 is 9.64 Å². The number of rotatable bonds is 5. The summed E-state index contributed by atoms with van der Waals surface area (Å²) in [5.74, 6) is -0.673. The van der Waals surface area contributed by atoms with E-state index < -0.39 is 21.5 Å². The van der Waals surface area contributed by atoms with Crippen molar-refractivity contribution >= 4 is 27.2 Å². The topological polar surface area (TPSA) is 80.8 Å². The van der Waals surface area contributed by atoms with Crippen molar-refractivity contribution in [3.63, 3.8) is 0 Å². The maximum absolute atomic E-state index is 11.9. The zero-order valence-corrected chi connectivity index (χ0v) is 12.1. The van der Waals surface area contributed by atoms with E-state index in [1.807, 2.05) is 0 Å². The fourth-order valence-electron chi connectivity index (χ4n) is 2.11. The normalized spacial score (nSPS) is 14.6. The molecule has 0 spiro atoms. The second-order valence-electron chi connectivity index (χ2n) is 4.65. The van der Waals surface area contributed by atoms with Crippen LogP contribution in [0.1, 0.15) is 16.8 Å². The SMILES string of the molecule is COc1ccc2c(c1)N(CCCS(C)(=O)=O)C(=O)C2=O. The second kappa shape index (κ2) is 5.24. The Balaban J connectivity index is 2.23. The van der Waals surface area contributed by atoms with E-state index in [-0.39, 0.29) is 18.7 Å². The third kappa shape index (κ3) is 2.82. The molecule has 20 heavy (non-hydrogen) atoms. The van der Waals surface area contributed by atoms with Gasteiger partial charge in [-0.05, 0) is 18.6 Å². The zero-order chi connectivity index (χ0) is 14.9. The number of hydrogen-bond acceptors (Lipinski definition) is 5. The molecular formula is C13H15NO5S. The van der Waals surface area contributed by atoms with Crippen LogP contribution in [0.25, 0.3) is 0 Å². The summed E-state index contributed by atoms with van der Waals surface area (Å²) in [7, 11) is -1.59. The Morgan fingerprint density at radius 2 is 1.95 bits per heavy atom. The minimum atomic E-state index is -3.08. The predicted octanol–water partition coefficient (Wildman–Crippen LogP) is 0.659. The molecule has 6 nitrogen and oxygen atoms in total. The minimum Gasteiger partial charge on any atom is -0.497 e. The average Bonchev–Trinajstić information content (AvgIpc) is 2.62. The van der Waals surface area contributed by atoms with Crippen LogP contribution >= 0.6 is 0 Å². The number of ether oxygens (including phenoxy) is 1. The van der Waals surface area contributed by atoms with Crippen LogP contribution in [0.15, 0.2) is 18.2 Å². The van der Waals surface area contributed by atoms with Crippen LogP contribution in [0.3, 0.4) is 0 Å². The van der Waals surface area contributed by atoms with Gasteiger partial charge in [-0.2, -0.15) is 0 Å². The smallest absolute Gasteiger partial charge is 0.299 e. The largest absolute Gasteiger partial charge is 0.497 e. The number of ketones is 1. The molecule has 1 aliphatic rings. The molecule has 0 fully saturated rings. The van der Waals surface area contributed by atoms with E-state index in [2.05, 4.69) is 0 Å². The summed E-state index contributed by atoms with van der Waals surface area (Å²) in [4.78, 5) is 25.0. The van der Waals surface area contributed by atoms with Gasteiger partial charge in [0.25, 0.3) is 11.7 Å². The summed E-state index contributed by atoms with van der Waals surface area (Å²) in [6.45, 7) is 0.192. The quantitative estimate of drug-likeness (QED) is 0.746. The predicted molar refractivity (Wildman–Crippen MR) is 74.0 cm³/mol. The summed E-state index contributed by atoms with van der Waals surface area (Å²) in [6, 6.07) is 4.77. The van der Waals surface area contributed by atoms with Gasteiger partial charge in [0.2, 0.25) is 0 Å². The number of nitrogens with zero attached hydrogens (tertiary/aromatic N) is 1. The molecule has 0 atom stereocenters. The van der Waals surface area contributed by atoms with Gasteiger partial charge in [0, 0.05) is 18.9 Å².